The fourth-order valence-electron chi connectivity index (χ4n) is 0.500. The highest BCUT2D eigenvalue weighted by atomic mass is 16.3. The molecule has 0 saturated carbocycles. The summed E-state index contributed by atoms with van der Waals surface area (Å²) in [6, 6.07) is 1.83. The molecule has 0 saturated heterocycles. The van der Waals surface area contributed by atoms with Gasteiger partial charge >= 0.3 is 0 Å². The summed E-state index contributed by atoms with van der Waals surface area (Å²) >= 11 is 0. The summed E-state index contributed by atoms with van der Waals surface area (Å²) in [5.74, 6) is 0. The van der Waals surface area contributed by atoms with Crippen molar-refractivity contribution in [3.8, 4) is 6.07 Å². The van der Waals surface area contributed by atoms with Gasteiger partial charge in [0.05, 0.1) is 18.1 Å². The van der Waals surface area contributed by atoms with E-state index in [-0.39, 0.29) is 19.4 Å². The summed E-state index contributed by atoms with van der Waals surface area (Å²) in [7, 11) is 0. The molecule has 0 aromatic heterocycles. The largest absolute Gasteiger partial charge is 0.396 e. The van der Waals surface area contributed by atoms with Gasteiger partial charge in [-0.25, -0.2) is 0 Å². The Morgan fingerprint density at radius 1 is 1.67 bits per heavy atom. The fraction of sp³-hybridized carbons (Fsp3) is 0.833. The quantitative estimate of drug-likeness (QED) is 0.565. The van der Waals surface area contributed by atoms with Crippen LogP contribution in [0.5, 0.6) is 0 Å². The van der Waals surface area contributed by atoms with E-state index in [0.717, 1.165) is 0 Å². The number of nitrogens with zero attached hydrogens (tertiary/aromatic N) is 1. The third-order valence-electron chi connectivity index (χ3n) is 1.11. The van der Waals surface area contributed by atoms with Gasteiger partial charge in [0.2, 0.25) is 0 Å². The van der Waals surface area contributed by atoms with E-state index >= 15 is 0 Å². The van der Waals surface area contributed by atoms with E-state index < -0.39 is 5.60 Å². The number of aliphatic hydroxyl groups excluding tert-OH is 1. The van der Waals surface area contributed by atoms with Gasteiger partial charge in [-0.05, 0) is 13.3 Å². The number of hydrogen-bond donors (Lipinski definition) is 2. The molecule has 0 bridgehead atoms. The zero-order valence-corrected chi connectivity index (χ0v) is 5.46. The van der Waals surface area contributed by atoms with Crippen molar-refractivity contribution in [2.45, 2.75) is 25.4 Å². The van der Waals surface area contributed by atoms with Gasteiger partial charge in [-0.1, -0.05) is 0 Å². The Kier molecular flexibility index (Phi) is 3.21. The van der Waals surface area contributed by atoms with Crippen LogP contribution in [0, 0.1) is 11.3 Å². The molecular formula is C6H11NO2. The normalized spacial score (nSPS) is 16.2. The van der Waals surface area contributed by atoms with Gasteiger partial charge < -0.3 is 10.2 Å². The minimum absolute atomic E-state index is 0.0747. The van der Waals surface area contributed by atoms with E-state index in [9.17, 15) is 0 Å². The summed E-state index contributed by atoms with van der Waals surface area (Å²) in [5.41, 5.74) is -1.01. The predicted octanol–water partition coefficient (Wildman–Crippen LogP) is 0.0335. The standard InChI is InChI=1S/C6H11NO2/c1-6(9,2-4-7)3-5-8/h8-9H,2-3,5H2,1H3/t6-/m0/s1. The zero-order chi connectivity index (χ0) is 7.33. The minimum Gasteiger partial charge on any atom is -0.396 e. The summed E-state index contributed by atoms with van der Waals surface area (Å²) < 4.78 is 0. The van der Waals surface area contributed by atoms with E-state index in [1.807, 2.05) is 6.07 Å². The number of nitriles is 1. The molecule has 0 aliphatic heterocycles. The van der Waals surface area contributed by atoms with Gasteiger partial charge in [0.15, 0.2) is 0 Å². The molecule has 0 heterocycles. The minimum atomic E-state index is -1.01. The molecule has 0 aromatic carbocycles. The molecule has 2 N–H and O–H groups in total. The second kappa shape index (κ2) is 3.44. The Bertz CT molecular complexity index is 115. The highest BCUT2D eigenvalue weighted by Crippen LogP contribution is 2.11. The lowest BCUT2D eigenvalue weighted by molar-refractivity contribution is 0.0379. The Labute approximate surface area is 54.5 Å². The highest BCUT2D eigenvalue weighted by molar-refractivity contribution is 4.84. The van der Waals surface area contributed by atoms with Crippen LogP contribution >= 0.6 is 0 Å². The lowest BCUT2D eigenvalue weighted by atomic mass is 10.00. The van der Waals surface area contributed by atoms with E-state index in [2.05, 4.69) is 0 Å². The van der Waals surface area contributed by atoms with Crippen molar-refractivity contribution in [1.29, 1.82) is 5.26 Å². The molecule has 0 aliphatic carbocycles. The van der Waals surface area contributed by atoms with Crippen molar-refractivity contribution >= 4 is 0 Å². The molecule has 1 atom stereocenters. The topological polar surface area (TPSA) is 64.2 Å². The van der Waals surface area contributed by atoms with Crippen LogP contribution in [0.4, 0.5) is 0 Å². The molecule has 0 unspecified atom stereocenters. The van der Waals surface area contributed by atoms with Gasteiger partial charge in [-0.2, -0.15) is 5.26 Å². The molecule has 52 valence electrons. The van der Waals surface area contributed by atoms with Crippen LogP contribution in [-0.2, 0) is 0 Å². The van der Waals surface area contributed by atoms with E-state index in [1.54, 1.807) is 0 Å². The molecule has 0 aromatic rings. The Hall–Kier alpha value is -0.590. The molecule has 0 aliphatic rings. The van der Waals surface area contributed by atoms with Gasteiger partial charge in [-0.3, -0.25) is 0 Å². The second-order valence-electron chi connectivity index (χ2n) is 2.31. The maximum Gasteiger partial charge on any atom is 0.0771 e. The molecule has 0 rings (SSSR count). The lowest BCUT2D eigenvalue weighted by Gasteiger charge is -2.17. The Balaban J connectivity index is 3.59. The van der Waals surface area contributed by atoms with Gasteiger partial charge in [0.1, 0.15) is 0 Å². The molecule has 0 fully saturated rings. The monoisotopic (exact) mass is 129 g/mol. The average molecular weight is 129 g/mol. The van der Waals surface area contributed by atoms with Crippen LogP contribution in [-0.4, -0.2) is 22.4 Å². The van der Waals surface area contributed by atoms with Gasteiger partial charge in [-0.15, -0.1) is 0 Å². The maximum atomic E-state index is 9.13. The van der Waals surface area contributed by atoms with Crippen molar-refractivity contribution in [2.75, 3.05) is 6.61 Å². The third kappa shape index (κ3) is 3.95. The van der Waals surface area contributed by atoms with Crippen molar-refractivity contribution in [3.63, 3.8) is 0 Å². The van der Waals surface area contributed by atoms with Gasteiger partial charge in [0, 0.05) is 6.61 Å². The Morgan fingerprint density at radius 3 is 2.56 bits per heavy atom. The first-order chi connectivity index (χ1) is 4.12. The first-order valence-electron chi connectivity index (χ1n) is 2.82. The third-order valence-corrected chi connectivity index (χ3v) is 1.11. The summed E-state index contributed by atoms with van der Waals surface area (Å²) in [4.78, 5) is 0. The first kappa shape index (κ1) is 8.41. The van der Waals surface area contributed by atoms with Crippen molar-refractivity contribution < 1.29 is 10.2 Å². The van der Waals surface area contributed by atoms with Crippen LogP contribution in [0.2, 0.25) is 0 Å². The number of rotatable bonds is 3. The summed E-state index contributed by atoms with van der Waals surface area (Å²) in [6.45, 7) is 1.46. The molecule has 0 amide bonds. The van der Waals surface area contributed by atoms with Crippen LogP contribution in [0.15, 0.2) is 0 Å². The SMILES string of the molecule is C[C@](O)(CC#N)CCO. The van der Waals surface area contributed by atoms with E-state index in [1.165, 1.54) is 6.92 Å². The molecule has 3 nitrogen and oxygen atoms in total. The van der Waals surface area contributed by atoms with Crippen LogP contribution < -0.4 is 0 Å². The predicted molar refractivity (Wildman–Crippen MR) is 32.6 cm³/mol. The lowest BCUT2D eigenvalue weighted by Crippen LogP contribution is -2.24. The summed E-state index contributed by atoms with van der Waals surface area (Å²) in [5, 5.41) is 25.6. The highest BCUT2D eigenvalue weighted by Gasteiger charge is 2.18. The number of hydrogen-bond acceptors (Lipinski definition) is 3. The van der Waals surface area contributed by atoms with Crippen LogP contribution in [0.25, 0.3) is 0 Å². The van der Waals surface area contributed by atoms with Gasteiger partial charge in [0.25, 0.3) is 0 Å². The smallest absolute Gasteiger partial charge is 0.0771 e. The number of aliphatic hydroxyl groups is 2. The zero-order valence-electron chi connectivity index (χ0n) is 5.46. The second-order valence-corrected chi connectivity index (χ2v) is 2.31. The summed E-state index contributed by atoms with van der Waals surface area (Å²) in [6.07, 6.45) is 0.341. The van der Waals surface area contributed by atoms with E-state index in [4.69, 9.17) is 15.5 Å². The van der Waals surface area contributed by atoms with Crippen LogP contribution in [0.3, 0.4) is 0 Å². The maximum absolute atomic E-state index is 9.13. The molecular weight excluding hydrogens is 118 g/mol. The molecule has 0 spiro atoms. The average Bonchev–Trinajstić information content (AvgIpc) is 1.64. The fourth-order valence-corrected chi connectivity index (χ4v) is 0.500. The van der Waals surface area contributed by atoms with Crippen molar-refractivity contribution in [1.82, 2.24) is 0 Å². The van der Waals surface area contributed by atoms with E-state index in [0.29, 0.717) is 0 Å². The molecule has 0 radical (unpaired) electrons. The van der Waals surface area contributed by atoms with Crippen LogP contribution in [0.1, 0.15) is 19.8 Å². The van der Waals surface area contributed by atoms with Crippen molar-refractivity contribution in [2.24, 2.45) is 0 Å². The first-order valence-corrected chi connectivity index (χ1v) is 2.82. The Morgan fingerprint density at radius 2 is 2.22 bits per heavy atom. The molecule has 9 heavy (non-hydrogen) atoms. The molecule has 3 heteroatoms. The van der Waals surface area contributed by atoms with Crippen molar-refractivity contribution in [3.05, 3.63) is 0 Å².